The molecule has 0 amide bonds. The predicted octanol–water partition coefficient (Wildman–Crippen LogP) is 4.00. The third-order valence-corrected chi connectivity index (χ3v) is 5.12. The van der Waals surface area contributed by atoms with Gasteiger partial charge in [0.1, 0.15) is 5.82 Å². The lowest BCUT2D eigenvalue weighted by atomic mass is 10.1. The van der Waals surface area contributed by atoms with E-state index in [1.54, 1.807) is 0 Å². The van der Waals surface area contributed by atoms with Crippen molar-refractivity contribution < 1.29 is 0 Å². The van der Waals surface area contributed by atoms with Crippen LogP contribution in [-0.2, 0) is 0 Å². The SMILES string of the molecule is c1ccc2c(N3CCCCCC3)nc(N3CCCCC3)nc2c1. The highest BCUT2D eigenvalue weighted by Gasteiger charge is 2.19. The molecule has 4 rings (SSSR count). The Morgan fingerprint density at radius 2 is 1.26 bits per heavy atom. The molecule has 0 bridgehead atoms. The quantitative estimate of drug-likeness (QED) is 0.839. The van der Waals surface area contributed by atoms with Crippen LogP contribution in [0.25, 0.3) is 10.9 Å². The Morgan fingerprint density at radius 3 is 2.00 bits per heavy atom. The molecule has 2 saturated heterocycles. The molecule has 1 aromatic carbocycles. The van der Waals surface area contributed by atoms with E-state index >= 15 is 0 Å². The number of para-hydroxylation sites is 1. The molecule has 4 nitrogen and oxygen atoms in total. The molecular formula is C19H26N4. The van der Waals surface area contributed by atoms with E-state index in [1.807, 2.05) is 0 Å². The van der Waals surface area contributed by atoms with Crippen molar-refractivity contribution in [1.29, 1.82) is 0 Å². The fourth-order valence-corrected chi connectivity index (χ4v) is 3.81. The Balaban J connectivity index is 1.76. The Kier molecular flexibility index (Phi) is 4.31. The lowest BCUT2D eigenvalue weighted by molar-refractivity contribution is 0.568. The summed E-state index contributed by atoms with van der Waals surface area (Å²) in [6, 6.07) is 8.50. The molecule has 0 N–H and O–H groups in total. The fraction of sp³-hybridized carbons (Fsp3) is 0.579. The van der Waals surface area contributed by atoms with Crippen LogP contribution in [0.3, 0.4) is 0 Å². The molecule has 23 heavy (non-hydrogen) atoms. The Hall–Kier alpha value is -1.84. The Morgan fingerprint density at radius 1 is 0.652 bits per heavy atom. The van der Waals surface area contributed by atoms with Crippen LogP contribution in [0, 0.1) is 0 Å². The lowest BCUT2D eigenvalue weighted by Gasteiger charge is -2.29. The maximum Gasteiger partial charge on any atom is 0.227 e. The van der Waals surface area contributed by atoms with Crippen LogP contribution in [0.5, 0.6) is 0 Å². The zero-order valence-electron chi connectivity index (χ0n) is 13.9. The first-order valence-corrected chi connectivity index (χ1v) is 9.18. The molecule has 1 aromatic heterocycles. The molecule has 122 valence electrons. The van der Waals surface area contributed by atoms with Crippen LogP contribution in [-0.4, -0.2) is 36.1 Å². The molecule has 4 heteroatoms. The van der Waals surface area contributed by atoms with Crippen molar-refractivity contribution in [2.75, 3.05) is 36.0 Å². The first-order chi connectivity index (χ1) is 11.4. The molecule has 0 unspecified atom stereocenters. The van der Waals surface area contributed by atoms with E-state index in [0.717, 1.165) is 43.5 Å². The maximum atomic E-state index is 5.03. The highest BCUT2D eigenvalue weighted by atomic mass is 15.3. The number of benzene rings is 1. The maximum absolute atomic E-state index is 5.03. The number of anilines is 2. The normalized spacial score (nSPS) is 19.8. The Labute approximate surface area is 138 Å². The van der Waals surface area contributed by atoms with Gasteiger partial charge in [-0.2, -0.15) is 4.98 Å². The van der Waals surface area contributed by atoms with Crippen molar-refractivity contribution in [3.63, 3.8) is 0 Å². The fourth-order valence-electron chi connectivity index (χ4n) is 3.81. The van der Waals surface area contributed by atoms with Gasteiger partial charge in [-0.3, -0.25) is 0 Å². The van der Waals surface area contributed by atoms with Gasteiger partial charge in [0.2, 0.25) is 5.95 Å². The standard InChI is InChI=1S/C19H26N4/c1-2-7-13-22(12-6-1)18-16-10-4-5-11-17(16)20-19(21-18)23-14-8-3-9-15-23/h4-5,10-11H,1-3,6-9,12-15H2. The monoisotopic (exact) mass is 310 g/mol. The highest BCUT2D eigenvalue weighted by molar-refractivity contribution is 5.90. The number of fused-ring (bicyclic) bond motifs is 1. The van der Waals surface area contributed by atoms with Gasteiger partial charge in [-0.25, -0.2) is 4.98 Å². The number of piperidine rings is 1. The highest BCUT2D eigenvalue weighted by Crippen LogP contribution is 2.29. The van der Waals surface area contributed by atoms with Crippen molar-refractivity contribution in [2.45, 2.75) is 44.9 Å². The summed E-state index contributed by atoms with van der Waals surface area (Å²) in [6.45, 7) is 4.44. The van der Waals surface area contributed by atoms with E-state index in [4.69, 9.17) is 9.97 Å². The van der Waals surface area contributed by atoms with Gasteiger partial charge >= 0.3 is 0 Å². The second-order valence-electron chi connectivity index (χ2n) is 6.81. The van der Waals surface area contributed by atoms with Gasteiger partial charge in [-0.15, -0.1) is 0 Å². The minimum atomic E-state index is 0.933. The minimum absolute atomic E-state index is 0.933. The van der Waals surface area contributed by atoms with Gasteiger partial charge in [0.15, 0.2) is 0 Å². The number of aromatic nitrogens is 2. The molecule has 2 aliphatic rings. The summed E-state index contributed by atoms with van der Waals surface area (Å²) in [6.07, 6.45) is 9.10. The van der Waals surface area contributed by atoms with Crippen LogP contribution in [0.4, 0.5) is 11.8 Å². The number of nitrogens with zero attached hydrogens (tertiary/aromatic N) is 4. The van der Waals surface area contributed by atoms with Gasteiger partial charge in [0.25, 0.3) is 0 Å². The molecule has 2 aromatic rings. The smallest absolute Gasteiger partial charge is 0.227 e. The topological polar surface area (TPSA) is 32.3 Å². The van der Waals surface area contributed by atoms with E-state index in [2.05, 4.69) is 34.1 Å². The van der Waals surface area contributed by atoms with E-state index in [-0.39, 0.29) is 0 Å². The molecule has 0 radical (unpaired) electrons. The minimum Gasteiger partial charge on any atom is -0.356 e. The molecule has 2 fully saturated rings. The van der Waals surface area contributed by atoms with Crippen molar-refractivity contribution in [3.05, 3.63) is 24.3 Å². The molecule has 0 atom stereocenters. The average molecular weight is 310 g/mol. The van der Waals surface area contributed by atoms with Gasteiger partial charge in [0, 0.05) is 31.6 Å². The summed E-state index contributed by atoms with van der Waals surface area (Å²) in [5.41, 5.74) is 1.09. The van der Waals surface area contributed by atoms with Gasteiger partial charge in [-0.05, 0) is 44.2 Å². The molecule has 0 saturated carbocycles. The summed E-state index contributed by atoms with van der Waals surface area (Å²) in [7, 11) is 0. The molecule has 0 spiro atoms. The average Bonchev–Trinajstić information content (AvgIpc) is 2.91. The first kappa shape index (κ1) is 14.7. The largest absolute Gasteiger partial charge is 0.356 e. The summed E-state index contributed by atoms with van der Waals surface area (Å²) in [5, 5.41) is 1.20. The van der Waals surface area contributed by atoms with Crippen molar-refractivity contribution in [2.24, 2.45) is 0 Å². The lowest BCUT2D eigenvalue weighted by Crippen LogP contribution is -2.32. The van der Waals surface area contributed by atoms with Crippen LogP contribution in [0.15, 0.2) is 24.3 Å². The second-order valence-corrected chi connectivity index (χ2v) is 6.81. The second kappa shape index (κ2) is 6.73. The van der Waals surface area contributed by atoms with E-state index < -0.39 is 0 Å². The summed E-state index contributed by atoms with van der Waals surface area (Å²) in [4.78, 5) is 14.8. The Bertz CT molecular complexity index is 655. The molecule has 2 aliphatic heterocycles. The number of rotatable bonds is 2. The third-order valence-electron chi connectivity index (χ3n) is 5.12. The molecular weight excluding hydrogens is 284 g/mol. The zero-order valence-corrected chi connectivity index (χ0v) is 13.9. The van der Waals surface area contributed by atoms with E-state index in [0.29, 0.717) is 0 Å². The summed E-state index contributed by atoms with van der Waals surface area (Å²) >= 11 is 0. The van der Waals surface area contributed by atoms with Crippen LogP contribution in [0.1, 0.15) is 44.9 Å². The van der Waals surface area contributed by atoms with Crippen LogP contribution < -0.4 is 9.80 Å². The number of hydrogen-bond acceptors (Lipinski definition) is 4. The van der Waals surface area contributed by atoms with E-state index in [9.17, 15) is 0 Å². The van der Waals surface area contributed by atoms with Crippen molar-refractivity contribution >= 4 is 22.7 Å². The third kappa shape index (κ3) is 3.12. The van der Waals surface area contributed by atoms with Crippen molar-refractivity contribution in [3.8, 4) is 0 Å². The summed E-state index contributed by atoms with van der Waals surface area (Å²) in [5.74, 6) is 2.08. The molecule has 3 heterocycles. The first-order valence-electron chi connectivity index (χ1n) is 9.18. The number of hydrogen-bond donors (Lipinski definition) is 0. The van der Waals surface area contributed by atoms with Crippen LogP contribution in [0.2, 0.25) is 0 Å². The zero-order chi connectivity index (χ0) is 15.5. The van der Waals surface area contributed by atoms with Gasteiger partial charge in [0.05, 0.1) is 5.52 Å². The molecule has 0 aliphatic carbocycles. The van der Waals surface area contributed by atoms with Gasteiger partial charge in [-0.1, -0.05) is 25.0 Å². The van der Waals surface area contributed by atoms with Crippen molar-refractivity contribution in [1.82, 2.24) is 9.97 Å². The van der Waals surface area contributed by atoms with E-state index in [1.165, 1.54) is 50.3 Å². The summed E-state index contributed by atoms with van der Waals surface area (Å²) < 4.78 is 0. The predicted molar refractivity (Wildman–Crippen MR) is 96.3 cm³/mol. The van der Waals surface area contributed by atoms with Crippen LogP contribution >= 0.6 is 0 Å². The van der Waals surface area contributed by atoms with Gasteiger partial charge < -0.3 is 9.80 Å².